The molecular weight excluding hydrogens is 312 g/mol. The van der Waals surface area contributed by atoms with E-state index in [1.807, 2.05) is 0 Å². The van der Waals surface area contributed by atoms with Crippen molar-refractivity contribution in [1.29, 1.82) is 0 Å². The van der Waals surface area contributed by atoms with Crippen LogP contribution in [0.4, 0.5) is 0 Å². The van der Waals surface area contributed by atoms with Gasteiger partial charge in [0, 0.05) is 12.0 Å². The lowest BCUT2D eigenvalue weighted by molar-refractivity contribution is -0.139. The highest BCUT2D eigenvalue weighted by molar-refractivity contribution is 9.10. The highest BCUT2D eigenvalue weighted by Gasteiger charge is 2.26. The van der Waals surface area contributed by atoms with E-state index in [0.717, 1.165) is 0 Å². The Labute approximate surface area is 120 Å². The zero-order chi connectivity index (χ0) is 14.6. The second kappa shape index (κ2) is 6.19. The van der Waals surface area contributed by atoms with Gasteiger partial charge >= 0.3 is 5.97 Å². The smallest absolute Gasteiger partial charge is 0.303 e. The van der Waals surface area contributed by atoms with Crippen molar-refractivity contribution in [2.45, 2.75) is 26.7 Å². The molecule has 0 bridgehead atoms. The van der Waals surface area contributed by atoms with E-state index in [2.05, 4.69) is 15.9 Å². The van der Waals surface area contributed by atoms with Gasteiger partial charge in [0.05, 0.1) is 18.0 Å². The molecule has 5 heteroatoms. The van der Waals surface area contributed by atoms with Crippen LogP contribution in [0, 0.1) is 5.41 Å². The minimum absolute atomic E-state index is 0.0317. The molecule has 19 heavy (non-hydrogen) atoms. The van der Waals surface area contributed by atoms with Crippen LogP contribution in [-0.4, -0.2) is 24.0 Å². The Morgan fingerprint density at radius 2 is 1.95 bits per heavy atom. The first-order valence-corrected chi connectivity index (χ1v) is 6.63. The molecule has 1 N–H and O–H groups in total. The number of hydrogen-bond donors (Lipinski definition) is 1. The van der Waals surface area contributed by atoms with Crippen LogP contribution < -0.4 is 4.74 Å². The lowest BCUT2D eigenvalue weighted by Crippen LogP contribution is -2.21. The fraction of sp³-hybridized carbons (Fsp3) is 0.429. The Morgan fingerprint density at radius 3 is 2.42 bits per heavy atom. The largest absolute Gasteiger partial charge is 0.496 e. The summed E-state index contributed by atoms with van der Waals surface area (Å²) in [5.74, 6) is -0.315. The van der Waals surface area contributed by atoms with Gasteiger partial charge in [-0.3, -0.25) is 9.59 Å². The summed E-state index contributed by atoms with van der Waals surface area (Å²) in [4.78, 5) is 22.9. The van der Waals surface area contributed by atoms with Gasteiger partial charge < -0.3 is 9.84 Å². The average Bonchev–Trinajstić information content (AvgIpc) is 2.26. The van der Waals surface area contributed by atoms with Gasteiger partial charge in [0.25, 0.3) is 0 Å². The van der Waals surface area contributed by atoms with Gasteiger partial charge in [-0.2, -0.15) is 0 Å². The van der Waals surface area contributed by atoms with Gasteiger partial charge in [-0.1, -0.05) is 13.8 Å². The summed E-state index contributed by atoms with van der Waals surface area (Å²) < 4.78 is 5.80. The number of hydrogen-bond acceptors (Lipinski definition) is 3. The highest BCUT2D eigenvalue weighted by atomic mass is 79.9. The van der Waals surface area contributed by atoms with E-state index in [4.69, 9.17) is 9.84 Å². The van der Waals surface area contributed by atoms with Gasteiger partial charge in [0.1, 0.15) is 5.75 Å². The first-order valence-electron chi connectivity index (χ1n) is 5.84. The Morgan fingerprint density at radius 1 is 1.32 bits per heavy atom. The van der Waals surface area contributed by atoms with Crippen molar-refractivity contribution in [3.05, 3.63) is 28.2 Å². The number of Topliss-reactive ketones (excluding diaryl/α,β-unsaturated/α-hetero) is 1. The zero-order valence-corrected chi connectivity index (χ0v) is 12.8. The Balaban J connectivity index is 2.84. The molecule has 0 heterocycles. The number of carboxylic acids is 1. The molecular formula is C14H17BrO4. The van der Waals surface area contributed by atoms with Crippen molar-refractivity contribution < 1.29 is 19.4 Å². The maximum absolute atomic E-state index is 12.1. The van der Waals surface area contributed by atoms with E-state index in [-0.39, 0.29) is 18.6 Å². The maximum atomic E-state index is 12.1. The quantitative estimate of drug-likeness (QED) is 0.811. The number of halogens is 1. The molecule has 1 aromatic rings. The fourth-order valence-electron chi connectivity index (χ4n) is 1.85. The first kappa shape index (κ1) is 15.7. The van der Waals surface area contributed by atoms with Crippen molar-refractivity contribution in [2.24, 2.45) is 5.41 Å². The van der Waals surface area contributed by atoms with Crippen LogP contribution in [0.3, 0.4) is 0 Å². The summed E-state index contributed by atoms with van der Waals surface area (Å²) in [6, 6.07) is 5.09. The predicted octanol–water partition coefficient (Wildman–Crippen LogP) is 3.53. The van der Waals surface area contributed by atoms with E-state index in [0.29, 0.717) is 15.8 Å². The normalized spacial score (nSPS) is 11.2. The van der Waals surface area contributed by atoms with Crippen molar-refractivity contribution in [2.75, 3.05) is 7.11 Å². The van der Waals surface area contributed by atoms with Crippen LogP contribution >= 0.6 is 15.9 Å². The molecule has 1 aromatic carbocycles. The minimum atomic E-state index is -0.895. The number of rotatable bonds is 6. The molecule has 0 aliphatic heterocycles. The van der Waals surface area contributed by atoms with Gasteiger partial charge in [-0.15, -0.1) is 0 Å². The van der Waals surface area contributed by atoms with Gasteiger partial charge in [-0.25, -0.2) is 0 Å². The fourth-order valence-corrected chi connectivity index (χ4v) is 2.39. The zero-order valence-electron chi connectivity index (χ0n) is 11.2. The van der Waals surface area contributed by atoms with Gasteiger partial charge in [-0.05, 0) is 39.5 Å². The number of benzene rings is 1. The lowest BCUT2D eigenvalue weighted by atomic mass is 9.82. The second-order valence-electron chi connectivity index (χ2n) is 5.18. The van der Waals surface area contributed by atoms with Crippen LogP contribution in [0.25, 0.3) is 0 Å². The standard InChI is InChI=1S/C14H17BrO4/c1-14(2,8-13(17)18)7-11(16)9-4-5-12(19-3)10(15)6-9/h4-6H,7-8H2,1-3H3,(H,17,18). The maximum Gasteiger partial charge on any atom is 0.303 e. The number of carboxylic acid groups (broad SMARTS) is 1. The van der Waals surface area contributed by atoms with Crippen LogP contribution in [0.1, 0.15) is 37.0 Å². The Kier molecular flexibility index (Phi) is 5.11. The third kappa shape index (κ3) is 4.67. The Hall–Kier alpha value is -1.36. The molecule has 4 nitrogen and oxygen atoms in total. The molecule has 0 saturated carbocycles. The molecule has 0 aliphatic rings. The van der Waals surface area contributed by atoms with Crippen LogP contribution in [-0.2, 0) is 4.79 Å². The van der Waals surface area contributed by atoms with E-state index in [1.165, 1.54) is 0 Å². The summed E-state index contributed by atoms with van der Waals surface area (Å²) >= 11 is 3.32. The SMILES string of the molecule is COc1ccc(C(=O)CC(C)(C)CC(=O)O)cc1Br. The molecule has 0 amide bonds. The minimum Gasteiger partial charge on any atom is -0.496 e. The third-order valence-corrected chi connectivity index (χ3v) is 3.36. The first-order chi connectivity index (χ1) is 8.75. The monoisotopic (exact) mass is 328 g/mol. The van der Waals surface area contributed by atoms with Crippen LogP contribution in [0.5, 0.6) is 5.75 Å². The number of carbonyl (C=O) groups excluding carboxylic acids is 1. The molecule has 0 fully saturated rings. The van der Waals surface area contributed by atoms with E-state index in [9.17, 15) is 9.59 Å². The van der Waals surface area contributed by atoms with Crippen LogP contribution in [0.15, 0.2) is 22.7 Å². The molecule has 0 radical (unpaired) electrons. The summed E-state index contributed by atoms with van der Waals surface area (Å²) in [7, 11) is 1.55. The molecule has 0 atom stereocenters. The number of ketones is 1. The molecule has 0 saturated heterocycles. The van der Waals surface area contributed by atoms with Crippen molar-refractivity contribution in [3.8, 4) is 5.75 Å². The number of ether oxygens (including phenoxy) is 1. The molecule has 0 unspecified atom stereocenters. The average molecular weight is 329 g/mol. The number of carbonyl (C=O) groups is 2. The van der Waals surface area contributed by atoms with E-state index >= 15 is 0 Å². The number of aliphatic carboxylic acids is 1. The topological polar surface area (TPSA) is 63.6 Å². The number of methoxy groups -OCH3 is 1. The van der Waals surface area contributed by atoms with Crippen molar-refractivity contribution in [1.82, 2.24) is 0 Å². The second-order valence-corrected chi connectivity index (χ2v) is 6.04. The van der Waals surface area contributed by atoms with Crippen molar-refractivity contribution >= 4 is 27.7 Å². The predicted molar refractivity (Wildman–Crippen MR) is 75.7 cm³/mol. The summed E-state index contributed by atoms with van der Waals surface area (Å²) in [6.45, 7) is 3.55. The third-order valence-electron chi connectivity index (χ3n) is 2.74. The summed E-state index contributed by atoms with van der Waals surface area (Å²) in [6.07, 6.45) is 0.161. The van der Waals surface area contributed by atoms with Crippen molar-refractivity contribution in [3.63, 3.8) is 0 Å². The molecule has 0 aromatic heterocycles. The summed E-state index contributed by atoms with van der Waals surface area (Å²) in [5, 5.41) is 8.81. The van der Waals surface area contributed by atoms with E-state index < -0.39 is 11.4 Å². The van der Waals surface area contributed by atoms with Gasteiger partial charge in [0.15, 0.2) is 5.78 Å². The molecule has 0 spiro atoms. The lowest BCUT2D eigenvalue weighted by Gasteiger charge is -2.21. The highest BCUT2D eigenvalue weighted by Crippen LogP contribution is 2.30. The van der Waals surface area contributed by atoms with Gasteiger partial charge in [0.2, 0.25) is 0 Å². The summed E-state index contributed by atoms with van der Waals surface area (Å²) in [5.41, 5.74) is -0.0128. The molecule has 104 valence electrons. The molecule has 1 rings (SSSR count). The molecule has 0 aliphatic carbocycles. The Bertz CT molecular complexity index is 494. The van der Waals surface area contributed by atoms with Crippen LogP contribution in [0.2, 0.25) is 0 Å². The van der Waals surface area contributed by atoms with E-state index in [1.54, 1.807) is 39.2 Å².